The van der Waals surface area contributed by atoms with E-state index in [1.165, 1.54) is 6.07 Å². The molecule has 6 heteroatoms. The third-order valence-corrected chi connectivity index (χ3v) is 3.87. The zero-order valence-corrected chi connectivity index (χ0v) is 14.1. The zero-order valence-electron chi connectivity index (χ0n) is 13.3. The molecule has 0 aliphatic heterocycles. The number of nitrogens with zero attached hydrogens (tertiary/aromatic N) is 2. The summed E-state index contributed by atoms with van der Waals surface area (Å²) >= 11 is 6.12. The molecule has 124 valence electrons. The van der Waals surface area contributed by atoms with Crippen molar-refractivity contribution in [1.82, 2.24) is 10.6 Å². The minimum atomic E-state index is -0.409. The summed E-state index contributed by atoms with van der Waals surface area (Å²) in [5.74, 6) is 0.166. The van der Waals surface area contributed by atoms with E-state index in [0.717, 1.165) is 17.0 Å². The van der Waals surface area contributed by atoms with E-state index in [-0.39, 0.29) is 6.54 Å². The monoisotopic (exact) mass is 344 g/mol. The lowest BCUT2D eigenvalue weighted by Gasteiger charge is -2.13. The van der Waals surface area contributed by atoms with Gasteiger partial charge in [-0.05, 0) is 30.2 Å². The zero-order chi connectivity index (χ0) is 17.4. The standard InChI is InChI=1S/C18H18ClFN4/c1-22-18(23-9-8-14-4-2-3-5-16(14)19)24-12-15-7-6-13(11-21)10-17(15)20/h2-7,10H,8-9,12H2,1H3,(H2,22,23,24). The predicted molar refractivity (Wildman–Crippen MR) is 94.5 cm³/mol. The predicted octanol–water partition coefficient (Wildman–Crippen LogP) is 3.26. The van der Waals surface area contributed by atoms with Crippen LogP contribution < -0.4 is 10.6 Å². The number of nitriles is 1. The molecule has 0 atom stereocenters. The van der Waals surface area contributed by atoms with Crippen LogP contribution in [-0.4, -0.2) is 19.6 Å². The highest BCUT2D eigenvalue weighted by atomic mass is 35.5. The number of nitrogens with one attached hydrogen (secondary N) is 2. The van der Waals surface area contributed by atoms with Gasteiger partial charge in [-0.25, -0.2) is 4.39 Å². The van der Waals surface area contributed by atoms with Crippen LogP contribution in [0.5, 0.6) is 0 Å². The van der Waals surface area contributed by atoms with Gasteiger partial charge in [0.1, 0.15) is 5.82 Å². The average Bonchev–Trinajstić information content (AvgIpc) is 2.60. The summed E-state index contributed by atoms with van der Waals surface area (Å²) in [5, 5.41) is 15.7. The highest BCUT2D eigenvalue weighted by molar-refractivity contribution is 6.31. The summed E-state index contributed by atoms with van der Waals surface area (Å²) < 4.78 is 13.8. The van der Waals surface area contributed by atoms with Gasteiger partial charge in [-0.1, -0.05) is 35.9 Å². The van der Waals surface area contributed by atoms with Gasteiger partial charge in [0.05, 0.1) is 11.6 Å². The van der Waals surface area contributed by atoms with Crippen molar-refractivity contribution in [2.75, 3.05) is 13.6 Å². The van der Waals surface area contributed by atoms with Crippen molar-refractivity contribution in [3.05, 3.63) is 70.0 Å². The molecule has 0 unspecified atom stereocenters. The largest absolute Gasteiger partial charge is 0.356 e. The van der Waals surface area contributed by atoms with E-state index in [1.54, 1.807) is 19.2 Å². The molecule has 0 saturated heterocycles. The fourth-order valence-corrected chi connectivity index (χ4v) is 2.41. The van der Waals surface area contributed by atoms with Crippen LogP contribution in [0.2, 0.25) is 5.02 Å². The molecule has 0 aliphatic carbocycles. The van der Waals surface area contributed by atoms with E-state index in [9.17, 15) is 4.39 Å². The molecule has 2 aromatic rings. The van der Waals surface area contributed by atoms with Crippen molar-refractivity contribution in [2.24, 2.45) is 4.99 Å². The molecule has 0 spiro atoms. The van der Waals surface area contributed by atoms with Gasteiger partial charge in [0, 0.05) is 30.7 Å². The Morgan fingerprint density at radius 2 is 2.00 bits per heavy atom. The van der Waals surface area contributed by atoms with Gasteiger partial charge in [-0.15, -0.1) is 0 Å². The van der Waals surface area contributed by atoms with Gasteiger partial charge in [-0.3, -0.25) is 4.99 Å². The fourth-order valence-electron chi connectivity index (χ4n) is 2.18. The summed E-state index contributed by atoms with van der Waals surface area (Å²) in [6, 6.07) is 14.0. The Morgan fingerprint density at radius 1 is 1.21 bits per heavy atom. The maximum atomic E-state index is 13.8. The van der Waals surface area contributed by atoms with Crippen molar-refractivity contribution in [2.45, 2.75) is 13.0 Å². The molecule has 0 radical (unpaired) electrons. The number of halogens is 2. The highest BCUT2D eigenvalue weighted by Crippen LogP contribution is 2.14. The first-order valence-electron chi connectivity index (χ1n) is 7.50. The van der Waals surface area contributed by atoms with Crippen LogP contribution in [0.3, 0.4) is 0 Å². The molecule has 2 N–H and O–H groups in total. The Hall–Kier alpha value is -2.58. The topological polar surface area (TPSA) is 60.2 Å². The fraction of sp³-hybridized carbons (Fsp3) is 0.222. The van der Waals surface area contributed by atoms with E-state index < -0.39 is 5.82 Å². The summed E-state index contributed by atoms with van der Waals surface area (Å²) in [7, 11) is 1.65. The number of rotatable bonds is 5. The van der Waals surface area contributed by atoms with Crippen molar-refractivity contribution in [3.63, 3.8) is 0 Å². The van der Waals surface area contributed by atoms with Crippen molar-refractivity contribution in [3.8, 4) is 6.07 Å². The second-order valence-electron chi connectivity index (χ2n) is 5.11. The van der Waals surface area contributed by atoms with Crippen molar-refractivity contribution < 1.29 is 4.39 Å². The highest BCUT2D eigenvalue weighted by Gasteiger charge is 2.05. The Bertz CT molecular complexity index is 768. The summed E-state index contributed by atoms with van der Waals surface area (Å²) in [6.45, 7) is 0.933. The molecule has 4 nitrogen and oxygen atoms in total. The molecule has 0 saturated carbocycles. The van der Waals surface area contributed by atoms with E-state index >= 15 is 0 Å². The quantitative estimate of drug-likeness (QED) is 0.646. The summed E-state index contributed by atoms with van der Waals surface area (Å²) in [4.78, 5) is 4.11. The molecule has 0 fully saturated rings. The van der Waals surface area contributed by atoms with Crippen LogP contribution in [0.25, 0.3) is 0 Å². The molecule has 2 aromatic carbocycles. The first-order chi connectivity index (χ1) is 11.6. The van der Waals surface area contributed by atoms with Crippen LogP contribution in [0, 0.1) is 17.1 Å². The Morgan fingerprint density at radius 3 is 2.67 bits per heavy atom. The summed E-state index contributed by atoms with van der Waals surface area (Å²) in [6.07, 6.45) is 0.756. The average molecular weight is 345 g/mol. The number of aliphatic imine (C=N–C) groups is 1. The number of hydrogen-bond donors (Lipinski definition) is 2. The van der Waals surface area contributed by atoms with Gasteiger partial charge in [0.2, 0.25) is 0 Å². The maximum Gasteiger partial charge on any atom is 0.191 e. The van der Waals surface area contributed by atoms with Crippen molar-refractivity contribution >= 4 is 17.6 Å². The number of hydrogen-bond acceptors (Lipinski definition) is 2. The third-order valence-electron chi connectivity index (χ3n) is 3.50. The maximum absolute atomic E-state index is 13.8. The summed E-state index contributed by atoms with van der Waals surface area (Å²) in [5.41, 5.74) is 1.84. The van der Waals surface area contributed by atoms with Crippen LogP contribution in [0.1, 0.15) is 16.7 Å². The van der Waals surface area contributed by atoms with E-state index in [0.29, 0.717) is 23.6 Å². The molecule has 0 heterocycles. The van der Waals surface area contributed by atoms with Crippen LogP contribution >= 0.6 is 11.6 Å². The van der Waals surface area contributed by atoms with Gasteiger partial charge < -0.3 is 10.6 Å². The molecular formula is C18H18ClFN4. The molecule has 0 aliphatic rings. The molecular weight excluding hydrogens is 327 g/mol. The first kappa shape index (κ1) is 17.8. The minimum absolute atomic E-state index is 0.281. The lowest BCUT2D eigenvalue weighted by molar-refractivity contribution is 0.604. The normalized spacial score (nSPS) is 11.0. The van der Waals surface area contributed by atoms with E-state index in [2.05, 4.69) is 15.6 Å². The molecule has 0 amide bonds. The van der Waals surface area contributed by atoms with Crippen LogP contribution in [0.4, 0.5) is 4.39 Å². The van der Waals surface area contributed by atoms with Crippen molar-refractivity contribution in [1.29, 1.82) is 5.26 Å². The van der Waals surface area contributed by atoms with Gasteiger partial charge in [0.15, 0.2) is 5.96 Å². The lowest BCUT2D eigenvalue weighted by Crippen LogP contribution is -2.38. The molecule has 2 rings (SSSR count). The van der Waals surface area contributed by atoms with Gasteiger partial charge >= 0.3 is 0 Å². The minimum Gasteiger partial charge on any atom is -0.356 e. The number of guanidine groups is 1. The third kappa shape index (κ3) is 4.97. The van der Waals surface area contributed by atoms with Crippen LogP contribution in [-0.2, 0) is 13.0 Å². The Labute approximate surface area is 146 Å². The second-order valence-corrected chi connectivity index (χ2v) is 5.52. The van der Waals surface area contributed by atoms with E-state index in [1.807, 2.05) is 30.3 Å². The second kappa shape index (κ2) is 8.90. The lowest BCUT2D eigenvalue weighted by atomic mass is 10.1. The van der Waals surface area contributed by atoms with E-state index in [4.69, 9.17) is 16.9 Å². The SMILES string of the molecule is CN=C(NCCc1ccccc1Cl)NCc1ccc(C#N)cc1F. The molecule has 24 heavy (non-hydrogen) atoms. The molecule has 0 aromatic heterocycles. The van der Waals surface area contributed by atoms with Gasteiger partial charge in [0.25, 0.3) is 0 Å². The molecule has 0 bridgehead atoms. The number of benzene rings is 2. The Balaban J connectivity index is 1.85. The van der Waals surface area contributed by atoms with Crippen LogP contribution in [0.15, 0.2) is 47.5 Å². The van der Waals surface area contributed by atoms with Gasteiger partial charge in [-0.2, -0.15) is 5.26 Å². The smallest absolute Gasteiger partial charge is 0.191 e. The first-order valence-corrected chi connectivity index (χ1v) is 7.88. The Kier molecular flexibility index (Phi) is 6.59.